The molecular formula is C13H26N2. The zero-order valence-electron chi connectivity index (χ0n) is 10.5. The highest BCUT2D eigenvalue weighted by Crippen LogP contribution is 2.17. The Balaban J connectivity index is 2.05. The molecule has 0 aromatic heterocycles. The number of nitrogens with zero attached hydrogens (tertiary/aromatic N) is 1. The van der Waals surface area contributed by atoms with E-state index in [1.165, 1.54) is 38.8 Å². The van der Waals surface area contributed by atoms with E-state index in [0.29, 0.717) is 6.04 Å². The van der Waals surface area contributed by atoms with E-state index >= 15 is 0 Å². The summed E-state index contributed by atoms with van der Waals surface area (Å²) in [4.78, 5) is 2.25. The fourth-order valence-corrected chi connectivity index (χ4v) is 1.96. The fraction of sp³-hybridized carbons (Fsp3) is 0.846. The second-order valence-corrected chi connectivity index (χ2v) is 5.05. The van der Waals surface area contributed by atoms with E-state index < -0.39 is 0 Å². The van der Waals surface area contributed by atoms with Crippen molar-refractivity contribution in [3.63, 3.8) is 0 Å². The van der Waals surface area contributed by atoms with Crippen LogP contribution in [0.2, 0.25) is 0 Å². The topological polar surface area (TPSA) is 15.3 Å². The third kappa shape index (κ3) is 5.95. The SMILES string of the molecule is CC(CCN(C)C)NCC1CC=CCC1. The van der Waals surface area contributed by atoms with Crippen molar-refractivity contribution in [2.24, 2.45) is 5.92 Å². The summed E-state index contributed by atoms with van der Waals surface area (Å²) in [6, 6.07) is 0.651. The Bertz CT molecular complexity index is 187. The molecule has 0 aromatic rings. The number of allylic oxidation sites excluding steroid dienone is 2. The van der Waals surface area contributed by atoms with Crippen molar-refractivity contribution in [2.45, 2.75) is 38.6 Å². The van der Waals surface area contributed by atoms with Gasteiger partial charge in [0, 0.05) is 6.04 Å². The molecular weight excluding hydrogens is 184 g/mol. The molecule has 0 bridgehead atoms. The Morgan fingerprint density at radius 3 is 2.80 bits per heavy atom. The van der Waals surface area contributed by atoms with Gasteiger partial charge in [-0.05, 0) is 65.7 Å². The Morgan fingerprint density at radius 2 is 2.20 bits per heavy atom. The molecule has 0 heterocycles. The summed E-state index contributed by atoms with van der Waals surface area (Å²) in [5.41, 5.74) is 0. The predicted molar refractivity (Wildman–Crippen MR) is 67.1 cm³/mol. The lowest BCUT2D eigenvalue weighted by Gasteiger charge is -2.22. The summed E-state index contributed by atoms with van der Waals surface area (Å²) in [5.74, 6) is 0.872. The lowest BCUT2D eigenvalue weighted by Crippen LogP contribution is -2.33. The van der Waals surface area contributed by atoms with Crippen LogP contribution in [0.5, 0.6) is 0 Å². The highest BCUT2D eigenvalue weighted by atomic mass is 15.1. The highest BCUT2D eigenvalue weighted by molar-refractivity contribution is 4.90. The van der Waals surface area contributed by atoms with Crippen LogP contribution in [-0.4, -0.2) is 38.1 Å². The molecule has 0 aromatic carbocycles. The van der Waals surface area contributed by atoms with Crippen LogP contribution in [0.3, 0.4) is 0 Å². The van der Waals surface area contributed by atoms with Crippen molar-refractivity contribution in [1.29, 1.82) is 0 Å². The molecule has 15 heavy (non-hydrogen) atoms. The molecule has 2 atom stereocenters. The van der Waals surface area contributed by atoms with Gasteiger partial charge < -0.3 is 10.2 Å². The maximum Gasteiger partial charge on any atom is 0.00510 e. The summed E-state index contributed by atoms with van der Waals surface area (Å²) in [5, 5.41) is 3.65. The van der Waals surface area contributed by atoms with Gasteiger partial charge in [-0.15, -0.1) is 0 Å². The summed E-state index contributed by atoms with van der Waals surface area (Å²) in [6.07, 6.45) is 9.80. The molecule has 2 heteroatoms. The second-order valence-electron chi connectivity index (χ2n) is 5.05. The first-order valence-electron chi connectivity index (χ1n) is 6.21. The molecule has 1 N–H and O–H groups in total. The Labute approximate surface area is 94.7 Å². The van der Waals surface area contributed by atoms with Crippen LogP contribution < -0.4 is 5.32 Å². The van der Waals surface area contributed by atoms with Gasteiger partial charge in [0.25, 0.3) is 0 Å². The Kier molecular flexibility index (Phi) is 5.96. The largest absolute Gasteiger partial charge is 0.314 e. The summed E-state index contributed by atoms with van der Waals surface area (Å²) in [6.45, 7) is 4.67. The van der Waals surface area contributed by atoms with Crippen LogP contribution in [0, 0.1) is 5.92 Å². The maximum atomic E-state index is 3.65. The fourth-order valence-electron chi connectivity index (χ4n) is 1.96. The van der Waals surface area contributed by atoms with Gasteiger partial charge in [-0.3, -0.25) is 0 Å². The predicted octanol–water partition coefficient (Wildman–Crippen LogP) is 2.27. The van der Waals surface area contributed by atoms with Gasteiger partial charge in [0.2, 0.25) is 0 Å². The molecule has 2 unspecified atom stereocenters. The van der Waals surface area contributed by atoms with Crippen LogP contribution in [0.1, 0.15) is 32.6 Å². The van der Waals surface area contributed by atoms with Gasteiger partial charge >= 0.3 is 0 Å². The van der Waals surface area contributed by atoms with Crippen LogP contribution in [0.4, 0.5) is 0 Å². The van der Waals surface area contributed by atoms with E-state index in [0.717, 1.165) is 5.92 Å². The van der Waals surface area contributed by atoms with Crippen LogP contribution in [0.15, 0.2) is 12.2 Å². The molecule has 0 spiro atoms. The third-order valence-corrected chi connectivity index (χ3v) is 3.14. The number of hydrogen-bond acceptors (Lipinski definition) is 2. The van der Waals surface area contributed by atoms with Crippen LogP contribution >= 0.6 is 0 Å². The van der Waals surface area contributed by atoms with E-state index in [9.17, 15) is 0 Å². The summed E-state index contributed by atoms with van der Waals surface area (Å²) >= 11 is 0. The maximum absolute atomic E-state index is 3.65. The number of rotatable bonds is 6. The molecule has 0 amide bonds. The molecule has 0 saturated carbocycles. The summed E-state index contributed by atoms with van der Waals surface area (Å²) < 4.78 is 0. The minimum atomic E-state index is 0.651. The normalized spacial score (nSPS) is 23.3. The molecule has 1 rings (SSSR count). The standard InChI is InChI=1S/C13H26N2/c1-12(9-10-15(2)3)14-11-13-7-5-4-6-8-13/h4-5,12-14H,6-11H2,1-3H3. The van der Waals surface area contributed by atoms with E-state index in [1.807, 2.05) is 0 Å². The van der Waals surface area contributed by atoms with E-state index in [4.69, 9.17) is 0 Å². The molecule has 1 aliphatic rings. The number of hydrogen-bond donors (Lipinski definition) is 1. The minimum absolute atomic E-state index is 0.651. The lowest BCUT2D eigenvalue weighted by molar-refractivity contribution is 0.348. The molecule has 0 radical (unpaired) electrons. The average molecular weight is 210 g/mol. The lowest BCUT2D eigenvalue weighted by atomic mass is 9.94. The Hall–Kier alpha value is -0.340. The summed E-state index contributed by atoms with van der Waals surface area (Å²) in [7, 11) is 4.28. The van der Waals surface area contributed by atoms with Crippen molar-refractivity contribution in [3.8, 4) is 0 Å². The van der Waals surface area contributed by atoms with Crippen molar-refractivity contribution < 1.29 is 0 Å². The first-order chi connectivity index (χ1) is 7.18. The monoisotopic (exact) mass is 210 g/mol. The van der Waals surface area contributed by atoms with Crippen molar-refractivity contribution in [3.05, 3.63) is 12.2 Å². The first kappa shape index (κ1) is 12.7. The van der Waals surface area contributed by atoms with E-state index in [1.54, 1.807) is 0 Å². The highest BCUT2D eigenvalue weighted by Gasteiger charge is 2.10. The molecule has 1 aliphatic carbocycles. The number of nitrogens with one attached hydrogen (secondary N) is 1. The second kappa shape index (κ2) is 7.02. The molecule has 0 aliphatic heterocycles. The van der Waals surface area contributed by atoms with E-state index in [-0.39, 0.29) is 0 Å². The quantitative estimate of drug-likeness (QED) is 0.677. The van der Waals surface area contributed by atoms with Gasteiger partial charge in [-0.2, -0.15) is 0 Å². The average Bonchev–Trinajstić information content (AvgIpc) is 2.25. The minimum Gasteiger partial charge on any atom is -0.314 e. The molecule has 0 saturated heterocycles. The van der Waals surface area contributed by atoms with Gasteiger partial charge in [0.15, 0.2) is 0 Å². The van der Waals surface area contributed by atoms with Gasteiger partial charge in [0.05, 0.1) is 0 Å². The third-order valence-electron chi connectivity index (χ3n) is 3.14. The van der Waals surface area contributed by atoms with Crippen molar-refractivity contribution in [2.75, 3.05) is 27.2 Å². The zero-order chi connectivity index (χ0) is 11.1. The van der Waals surface area contributed by atoms with Crippen molar-refractivity contribution in [1.82, 2.24) is 10.2 Å². The Morgan fingerprint density at radius 1 is 1.40 bits per heavy atom. The van der Waals surface area contributed by atoms with Crippen molar-refractivity contribution >= 4 is 0 Å². The zero-order valence-corrected chi connectivity index (χ0v) is 10.5. The smallest absolute Gasteiger partial charge is 0.00510 e. The van der Waals surface area contributed by atoms with Crippen LogP contribution in [-0.2, 0) is 0 Å². The van der Waals surface area contributed by atoms with E-state index in [2.05, 4.69) is 43.4 Å². The van der Waals surface area contributed by atoms with Gasteiger partial charge in [0.1, 0.15) is 0 Å². The van der Waals surface area contributed by atoms with Gasteiger partial charge in [-0.1, -0.05) is 12.2 Å². The molecule has 88 valence electrons. The first-order valence-corrected chi connectivity index (χ1v) is 6.21. The molecule has 2 nitrogen and oxygen atoms in total. The van der Waals surface area contributed by atoms with Gasteiger partial charge in [-0.25, -0.2) is 0 Å². The molecule has 0 fully saturated rings. The van der Waals surface area contributed by atoms with Crippen LogP contribution in [0.25, 0.3) is 0 Å².